The molecule has 0 saturated heterocycles. The van der Waals surface area contributed by atoms with Crippen LogP contribution < -0.4 is 20.7 Å². The van der Waals surface area contributed by atoms with Gasteiger partial charge >= 0.3 is 0 Å². The molecule has 3 aromatic rings. The Morgan fingerprint density at radius 3 is 2.57 bits per heavy atom. The van der Waals surface area contributed by atoms with E-state index in [0.29, 0.717) is 35.3 Å². The van der Waals surface area contributed by atoms with Crippen LogP contribution in [0, 0.1) is 5.92 Å². The molecule has 0 spiro atoms. The molecular weight excluding hydrogens is 458 g/mol. The summed E-state index contributed by atoms with van der Waals surface area (Å²) in [5.41, 5.74) is 3.60. The van der Waals surface area contributed by atoms with E-state index >= 15 is 0 Å². The van der Waals surface area contributed by atoms with Crippen molar-refractivity contribution in [3.8, 4) is 5.75 Å². The Morgan fingerprint density at radius 1 is 1.06 bits per heavy atom. The fraction of sp³-hybridized carbons (Fsp3) is 0.357. The number of benzene rings is 2. The number of hydrogen-bond acceptors (Lipinski definition) is 5. The minimum atomic E-state index is -0.187. The second-order valence-corrected chi connectivity index (χ2v) is 10.0. The van der Waals surface area contributed by atoms with E-state index in [1.165, 1.54) is 21.8 Å². The highest BCUT2D eigenvalue weighted by molar-refractivity contribution is 7.17. The molecule has 3 N–H and O–H groups in total. The first-order valence-electron chi connectivity index (χ1n) is 12.3. The maximum absolute atomic E-state index is 13.4. The fourth-order valence-corrected chi connectivity index (χ4v) is 5.75. The summed E-state index contributed by atoms with van der Waals surface area (Å²) in [6, 6.07) is 17.5. The molecule has 2 amide bonds. The van der Waals surface area contributed by atoms with Gasteiger partial charge in [-0.2, -0.15) is 0 Å². The van der Waals surface area contributed by atoms with Gasteiger partial charge in [0.2, 0.25) is 5.91 Å². The largest absolute Gasteiger partial charge is 0.494 e. The number of ether oxygens (including phenoxy) is 1. The van der Waals surface area contributed by atoms with Gasteiger partial charge in [0.25, 0.3) is 5.91 Å². The van der Waals surface area contributed by atoms with Crippen LogP contribution in [0.15, 0.2) is 54.6 Å². The van der Waals surface area contributed by atoms with Gasteiger partial charge in [-0.05, 0) is 80.5 Å². The average Bonchev–Trinajstić information content (AvgIpc) is 3.20. The zero-order valence-corrected chi connectivity index (χ0v) is 21.2. The number of rotatable bonds is 10. The molecule has 1 aliphatic carbocycles. The molecule has 35 heavy (non-hydrogen) atoms. The van der Waals surface area contributed by atoms with Crippen LogP contribution >= 0.6 is 11.3 Å². The summed E-state index contributed by atoms with van der Waals surface area (Å²) in [6.45, 7) is 5.67. The molecule has 0 aliphatic heterocycles. The van der Waals surface area contributed by atoms with Crippen molar-refractivity contribution in [2.24, 2.45) is 5.92 Å². The van der Waals surface area contributed by atoms with Gasteiger partial charge in [-0.25, -0.2) is 0 Å². The lowest BCUT2D eigenvalue weighted by molar-refractivity contribution is -0.115. The van der Waals surface area contributed by atoms with Gasteiger partial charge in [-0.1, -0.05) is 37.3 Å². The number of carbonyl (C=O) groups is 2. The van der Waals surface area contributed by atoms with E-state index in [1.54, 1.807) is 0 Å². The number of nitrogens with one attached hydrogen (secondary N) is 3. The van der Waals surface area contributed by atoms with Gasteiger partial charge in [0.15, 0.2) is 0 Å². The number of carbonyl (C=O) groups excluding carboxylic acids is 2. The summed E-state index contributed by atoms with van der Waals surface area (Å²) in [6.07, 6.45) is 3.69. The predicted molar refractivity (Wildman–Crippen MR) is 143 cm³/mol. The van der Waals surface area contributed by atoms with Crippen LogP contribution in [0.2, 0.25) is 0 Å². The lowest BCUT2D eigenvalue weighted by Crippen LogP contribution is -2.30. The van der Waals surface area contributed by atoms with Gasteiger partial charge < -0.3 is 20.7 Å². The first-order valence-corrected chi connectivity index (χ1v) is 13.1. The molecule has 2 aromatic carbocycles. The third-order valence-corrected chi connectivity index (χ3v) is 7.30. The summed E-state index contributed by atoms with van der Waals surface area (Å²) >= 11 is 1.54. The van der Waals surface area contributed by atoms with E-state index < -0.39 is 0 Å². The maximum atomic E-state index is 13.4. The molecule has 4 rings (SSSR count). The maximum Gasteiger partial charge on any atom is 0.258 e. The normalized spacial score (nSPS) is 14.7. The van der Waals surface area contributed by atoms with Gasteiger partial charge in [0, 0.05) is 10.6 Å². The van der Waals surface area contributed by atoms with Crippen molar-refractivity contribution < 1.29 is 14.3 Å². The quantitative estimate of drug-likeness (QED) is 0.337. The second kappa shape index (κ2) is 12.0. The molecule has 184 valence electrons. The Hall–Kier alpha value is -3.16. The lowest BCUT2D eigenvalue weighted by Gasteiger charge is -2.18. The van der Waals surface area contributed by atoms with E-state index in [-0.39, 0.29) is 18.4 Å². The molecule has 1 aliphatic rings. The highest BCUT2D eigenvalue weighted by Gasteiger charge is 2.28. The van der Waals surface area contributed by atoms with E-state index in [1.807, 2.05) is 49.4 Å². The lowest BCUT2D eigenvalue weighted by atomic mass is 9.88. The van der Waals surface area contributed by atoms with E-state index in [0.717, 1.165) is 37.0 Å². The summed E-state index contributed by atoms with van der Waals surface area (Å²) in [4.78, 5) is 27.3. The molecule has 1 atom stereocenters. The molecular formula is C28H33N3O3S. The van der Waals surface area contributed by atoms with E-state index in [9.17, 15) is 9.59 Å². The van der Waals surface area contributed by atoms with Crippen molar-refractivity contribution >= 4 is 33.8 Å². The predicted octanol–water partition coefficient (Wildman–Crippen LogP) is 5.29. The van der Waals surface area contributed by atoms with Crippen molar-refractivity contribution in [3.63, 3.8) is 0 Å². The first kappa shape index (κ1) is 24.9. The number of fused-ring (bicyclic) bond motifs is 1. The van der Waals surface area contributed by atoms with E-state index in [2.05, 4.69) is 35.0 Å². The van der Waals surface area contributed by atoms with Crippen LogP contribution in [-0.4, -0.2) is 31.5 Å². The van der Waals surface area contributed by atoms with Crippen molar-refractivity contribution in [2.45, 2.75) is 39.5 Å². The molecule has 7 heteroatoms. The van der Waals surface area contributed by atoms with Crippen LogP contribution in [0.3, 0.4) is 0 Å². The van der Waals surface area contributed by atoms with E-state index in [4.69, 9.17) is 4.74 Å². The Labute approximate surface area is 211 Å². The van der Waals surface area contributed by atoms with Crippen LogP contribution in [0.5, 0.6) is 5.75 Å². The van der Waals surface area contributed by atoms with Crippen LogP contribution in [0.1, 0.15) is 46.6 Å². The Kier molecular flexibility index (Phi) is 8.55. The molecule has 0 unspecified atom stereocenters. The first-order chi connectivity index (χ1) is 17.0. The minimum absolute atomic E-state index is 0.139. The molecule has 0 bridgehead atoms. The summed E-state index contributed by atoms with van der Waals surface area (Å²) < 4.78 is 5.49. The van der Waals surface area contributed by atoms with Crippen molar-refractivity contribution in [3.05, 3.63) is 76.2 Å². The fourth-order valence-electron chi connectivity index (χ4n) is 4.32. The Balaban J connectivity index is 1.42. The zero-order valence-electron chi connectivity index (χ0n) is 20.4. The molecule has 6 nitrogen and oxygen atoms in total. The zero-order chi connectivity index (χ0) is 24.6. The summed E-state index contributed by atoms with van der Waals surface area (Å²) in [7, 11) is 0. The number of thiophene rings is 1. The molecule has 0 saturated carbocycles. The van der Waals surface area contributed by atoms with Crippen LogP contribution in [-0.2, 0) is 24.1 Å². The SMILES string of the molecule is CCOc1ccc(NC(=O)c2c(NC(=O)CNCCc3ccccc3)sc3c2CC[C@H](C)C3)cc1. The second-order valence-electron chi connectivity index (χ2n) is 8.93. The van der Waals surface area contributed by atoms with Gasteiger partial charge in [0.1, 0.15) is 10.8 Å². The van der Waals surface area contributed by atoms with Gasteiger partial charge in [-0.15, -0.1) is 11.3 Å². The number of amides is 2. The molecule has 0 radical (unpaired) electrons. The highest BCUT2D eigenvalue weighted by Crippen LogP contribution is 2.40. The third kappa shape index (κ3) is 6.71. The monoisotopic (exact) mass is 491 g/mol. The molecule has 1 heterocycles. The number of anilines is 2. The van der Waals surface area contributed by atoms with Crippen molar-refractivity contribution in [1.29, 1.82) is 0 Å². The topological polar surface area (TPSA) is 79.5 Å². The Bertz CT molecular complexity index is 1140. The molecule has 0 fully saturated rings. The van der Waals surface area contributed by atoms with Crippen LogP contribution in [0.25, 0.3) is 0 Å². The van der Waals surface area contributed by atoms with Crippen LogP contribution in [0.4, 0.5) is 10.7 Å². The summed E-state index contributed by atoms with van der Waals surface area (Å²) in [5, 5.41) is 9.86. The van der Waals surface area contributed by atoms with Crippen molar-refractivity contribution in [1.82, 2.24) is 5.32 Å². The average molecular weight is 492 g/mol. The molecule has 1 aromatic heterocycles. The summed E-state index contributed by atoms with van der Waals surface area (Å²) in [5.74, 6) is 1.01. The Morgan fingerprint density at radius 2 is 1.83 bits per heavy atom. The minimum Gasteiger partial charge on any atom is -0.494 e. The number of hydrogen-bond donors (Lipinski definition) is 3. The van der Waals surface area contributed by atoms with Crippen molar-refractivity contribution in [2.75, 3.05) is 30.3 Å². The third-order valence-electron chi connectivity index (χ3n) is 6.13. The highest BCUT2D eigenvalue weighted by atomic mass is 32.1. The standard InChI is InChI=1S/C28H33N3O3S/c1-3-34-22-12-10-21(11-13-22)30-27(33)26-23-14-9-19(2)17-24(23)35-28(26)31-25(32)18-29-16-15-20-7-5-4-6-8-20/h4-8,10-13,19,29H,3,9,14-18H2,1-2H3,(H,30,33)(H,31,32)/t19-/m0/s1. The smallest absolute Gasteiger partial charge is 0.258 e. The van der Waals surface area contributed by atoms with Gasteiger partial charge in [-0.3, -0.25) is 9.59 Å². The van der Waals surface area contributed by atoms with Gasteiger partial charge in [0.05, 0.1) is 18.7 Å².